The van der Waals surface area contributed by atoms with Crippen LogP contribution in [-0.4, -0.2) is 37.0 Å². The summed E-state index contributed by atoms with van der Waals surface area (Å²) < 4.78 is 0. The van der Waals surface area contributed by atoms with Crippen molar-refractivity contribution in [3.05, 3.63) is 0 Å². The maximum Gasteiger partial charge on any atom is 0.170 e. The molecule has 0 spiro atoms. The minimum Gasteiger partial charge on any atom is -0.331 e. The van der Waals surface area contributed by atoms with Gasteiger partial charge in [-0.2, -0.15) is 0 Å². The highest BCUT2D eigenvalue weighted by Gasteiger charge is 2.76. The number of Topliss-reactive ketones (excluding diaryl/α,β-unsaturated/α-hetero) is 3. The van der Waals surface area contributed by atoms with E-state index >= 15 is 0 Å². The highest BCUT2D eigenvalue weighted by molar-refractivity contribution is 6.31. The number of hydrogen-bond acceptors (Lipinski definition) is 3. The number of rotatable bonds is 0. The van der Waals surface area contributed by atoms with Crippen LogP contribution in [0, 0.1) is 16.2 Å². The first kappa shape index (κ1) is 10.1. The number of piperidine rings is 3. The fraction of sp³-hybridized carbons (Fsp3) is 0.750. The van der Waals surface area contributed by atoms with Crippen LogP contribution in [0.1, 0.15) is 20.8 Å². The summed E-state index contributed by atoms with van der Waals surface area (Å²) in [7, 11) is 0. The van der Waals surface area contributed by atoms with Crippen LogP contribution in [0.25, 0.3) is 0 Å². The van der Waals surface area contributed by atoms with Crippen molar-refractivity contribution in [3.8, 4) is 0 Å². The van der Waals surface area contributed by atoms with Gasteiger partial charge in [-0.3, -0.25) is 14.4 Å². The third kappa shape index (κ3) is 0.744. The second-order valence-electron chi connectivity index (χ2n) is 6.26. The Labute approximate surface area is 94.0 Å². The molecule has 0 unspecified atom stereocenters. The lowest BCUT2D eigenvalue weighted by molar-refractivity contribution is -0.923. The molecule has 4 rings (SSSR count). The van der Waals surface area contributed by atoms with E-state index in [2.05, 4.69) is 0 Å². The first-order chi connectivity index (χ1) is 7.25. The van der Waals surface area contributed by atoms with E-state index in [1.165, 1.54) is 4.90 Å². The topological polar surface area (TPSA) is 55.6 Å². The molecule has 3 aliphatic heterocycles. The first-order valence-electron chi connectivity index (χ1n) is 5.73. The molecule has 1 aliphatic carbocycles. The SMILES string of the molecule is CC12C[NH+]3CC(C)(C1=O)C(=O)C(C)(C3)C2=O. The molecule has 1 N–H and O–H groups in total. The summed E-state index contributed by atoms with van der Waals surface area (Å²) in [6.07, 6.45) is 0. The molecule has 4 bridgehead atoms. The molecule has 4 aliphatic rings. The molecule has 0 atom stereocenters. The Morgan fingerprint density at radius 1 is 0.750 bits per heavy atom. The van der Waals surface area contributed by atoms with Crippen molar-refractivity contribution in [1.82, 2.24) is 0 Å². The predicted molar refractivity (Wildman–Crippen MR) is 54.9 cm³/mol. The van der Waals surface area contributed by atoms with Crippen molar-refractivity contribution in [2.45, 2.75) is 20.8 Å². The summed E-state index contributed by atoms with van der Waals surface area (Å²) in [6.45, 7) is 6.88. The predicted octanol–water partition coefficient (Wildman–Crippen LogP) is -1.36. The fourth-order valence-corrected chi connectivity index (χ4v) is 4.31. The number of ketones is 3. The summed E-state index contributed by atoms with van der Waals surface area (Å²) >= 11 is 0. The Bertz CT molecular complexity index is 367. The van der Waals surface area contributed by atoms with Crippen LogP contribution in [-0.2, 0) is 14.4 Å². The van der Waals surface area contributed by atoms with Gasteiger partial charge < -0.3 is 4.90 Å². The second kappa shape index (κ2) is 2.30. The molecular formula is C12H16NO3+. The van der Waals surface area contributed by atoms with Crippen LogP contribution in [0.5, 0.6) is 0 Å². The molecule has 0 aromatic heterocycles. The molecule has 4 fully saturated rings. The standard InChI is InChI=1S/C12H15NO3/c1-10-4-13-5-11(2,7(10)14)9(16)12(3,6-13)8(10)15/h4-6H2,1-3H3/p+1. The summed E-state index contributed by atoms with van der Waals surface area (Å²) in [5.74, 6) is -0.428. The Balaban J connectivity index is 2.29. The monoisotopic (exact) mass is 222 g/mol. The average Bonchev–Trinajstić information content (AvgIpc) is 2.20. The molecule has 86 valence electrons. The van der Waals surface area contributed by atoms with Gasteiger partial charge in [0.15, 0.2) is 17.3 Å². The van der Waals surface area contributed by atoms with Gasteiger partial charge in [-0.15, -0.1) is 0 Å². The number of carbonyl (C=O) groups excluding carboxylic acids is 3. The Hall–Kier alpha value is -1.03. The lowest BCUT2D eigenvalue weighted by Crippen LogP contribution is -3.22. The lowest BCUT2D eigenvalue weighted by Gasteiger charge is -2.58. The van der Waals surface area contributed by atoms with Crippen molar-refractivity contribution < 1.29 is 19.3 Å². The molecule has 1 saturated carbocycles. The molecular weight excluding hydrogens is 206 g/mol. The first-order valence-corrected chi connectivity index (χ1v) is 5.73. The summed E-state index contributed by atoms with van der Waals surface area (Å²) in [4.78, 5) is 38.2. The highest BCUT2D eigenvalue weighted by atomic mass is 16.2. The zero-order valence-electron chi connectivity index (χ0n) is 9.85. The van der Waals surface area contributed by atoms with Crippen LogP contribution in [0.3, 0.4) is 0 Å². The van der Waals surface area contributed by atoms with Crippen molar-refractivity contribution in [2.75, 3.05) is 19.6 Å². The van der Waals surface area contributed by atoms with Crippen LogP contribution in [0.15, 0.2) is 0 Å². The quantitative estimate of drug-likeness (QED) is 0.515. The van der Waals surface area contributed by atoms with Gasteiger partial charge in [-0.25, -0.2) is 0 Å². The molecule has 0 aromatic carbocycles. The van der Waals surface area contributed by atoms with E-state index in [0.29, 0.717) is 19.6 Å². The lowest BCUT2D eigenvalue weighted by atomic mass is 9.47. The maximum atomic E-state index is 12.3. The number of hydrogen-bond donors (Lipinski definition) is 1. The molecule has 3 heterocycles. The van der Waals surface area contributed by atoms with Gasteiger partial charge in [-0.1, -0.05) is 0 Å². The summed E-state index contributed by atoms with van der Waals surface area (Å²) in [6, 6.07) is 0. The van der Waals surface area contributed by atoms with E-state index in [4.69, 9.17) is 0 Å². The minimum atomic E-state index is -0.913. The third-order valence-corrected chi connectivity index (χ3v) is 4.82. The second-order valence-corrected chi connectivity index (χ2v) is 6.26. The van der Waals surface area contributed by atoms with Gasteiger partial charge in [0.05, 0.1) is 19.6 Å². The molecule has 0 radical (unpaired) electrons. The van der Waals surface area contributed by atoms with E-state index in [-0.39, 0.29) is 17.3 Å². The smallest absolute Gasteiger partial charge is 0.170 e. The van der Waals surface area contributed by atoms with E-state index in [9.17, 15) is 14.4 Å². The normalized spacial score (nSPS) is 54.9. The van der Waals surface area contributed by atoms with Crippen molar-refractivity contribution in [3.63, 3.8) is 0 Å². The third-order valence-electron chi connectivity index (χ3n) is 4.82. The molecule has 3 saturated heterocycles. The van der Waals surface area contributed by atoms with Gasteiger partial charge in [0.1, 0.15) is 16.2 Å². The van der Waals surface area contributed by atoms with E-state index < -0.39 is 16.2 Å². The Morgan fingerprint density at radius 3 is 1.25 bits per heavy atom. The van der Waals surface area contributed by atoms with Crippen molar-refractivity contribution >= 4 is 17.3 Å². The van der Waals surface area contributed by atoms with Crippen LogP contribution in [0.4, 0.5) is 0 Å². The molecule has 4 heteroatoms. The number of carbonyl (C=O) groups is 3. The average molecular weight is 222 g/mol. The van der Waals surface area contributed by atoms with Gasteiger partial charge in [0, 0.05) is 0 Å². The number of nitrogens with one attached hydrogen (secondary N) is 1. The van der Waals surface area contributed by atoms with Gasteiger partial charge in [0.25, 0.3) is 0 Å². The molecule has 4 nitrogen and oxygen atoms in total. The van der Waals surface area contributed by atoms with Crippen LogP contribution >= 0.6 is 0 Å². The maximum absolute atomic E-state index is 12.3. The molecule has 0 aromatic rings. The highest BCUT2D eigenvalue weighted by Crippen LogP contribution is 2.49. The Morgan fingerprint density at radius 2 is 1.00 bits per heavy atom. The van der Waals surface area contributed by atoms with E-state index in [0.717, 1.165) is 0 Å². The van der Waals surface area contributed by atoms with Crippen LogP contribution < -0.4 is 4.90 Å². The Kier molecular flexibility index (Phi) is 1.46. The zero-order valence-corrected chi connectivity index (χ0v) is 9.85. The molecule has 16 heavy (non-hydrogen) atoms. The summed E-state index contributed by atoms with van der Waals surface area (Å²) in [5.41, 5.74) is -2.74. The fourth-order valence-electron chi connectivity index (χ4n) is 4.31. The summed E-state index contributed by atoms with van der Waals surface area (Å²) in [5, 5.41) is 0. The molecule has 0 amide bonds. The largest absolute Gasteiger partial charge is 0.331 e. The van der Waals surface area contributed by atoms with E-state index in [1.807, 2.05) is 0 Å². The van der Waals surface area contributed by atoms with Crippen molar-refractivity contribution in [2.24, 2.45) is 16.2 Å². The zero-order chi connectivity index (χ0) is 11.9. The van der Waals surface area contributed by atoms with Gasteiger partial charge >= 0.3 is 0 Å². The van der Waals surface area contributed by atoms with Crippen molar-refractivity contribution in [1.29, 1.82) is 0 Å². The minimum absolute atomic E-state index is 0.143. The van der Waals surface area contributed by atoms with Gasteiger partial charge in [0.2, 0.25) is 0 Å². The number of quaternary nitrogens is 1. The van der Waals surface area contributed by atoms with E-state index in [1.54, 1.807) is 20.8 Å². The van der Waals surface area contributed by atoms with Gasteiger partial charge in [-0.05, 0) is 20.8 Å². The van der Waals surface area contributed by atoms with Crippen LogP contribution in [0.2, 0.25) is 0 Å².